The molecular formula is C9H10N4O4. The van der Waals surface area contributed by atoms with E-state index in [-0.39, 0.29) is 23.2 Å². The van der Waals surface area contributed by atoms with Crippen LogP contribution in [0.15, 0.2) is 12.3 Å². The fraction of sp³-hybridized carbons (Fsp3) is 0.333. The third-order valence-electron chi connectivity index (χ3n) is 2.34. The molecule has 0 aromatic carbocycles. The standard InChI is InChI=1S/C9H10N4O4/c10-8(14)7-1-5(13(15)16)2-12-9(7)17-6-3-11-4-6/h1-2,6,11H,3-4H2,(H2,10,14). The second-order valence-electron chi connectivity index (χ2n) is 3.57. The van der Waals surface area contributed by atoms with Crippen molar-refractivity contribution in [3.63, 3.8) is 0 Å². The first-order valence-electron chi connectivity index (χ1n) is 4.89. The number of aromatic nitrogens is 1. The molecule has 8 nitrogen and oxygen atoms in total. The quantitative estimate of drug-likeness (QED) is 0.535. The van der Waals surface area contributed by atoms with Gasteiger partial charge < -0.3 is 15.8 Å². The maximum absolute atomic E-state index is 11.1. The van der Waals surface area contributed by atoms with E-state index >= 15 is 0 Å². The normalized spacial score (nSPS) is 15.1. The number of carbonyl (C=O) groups excluding carboxylic acids is 1. The summed E-state index contributed by atoms with van der Waals surface area (Å²) in [7, 11) is 0. The van der Waals surface area contributed by atoms with Gasteiger partial charge in [0.25, 0.3) is 11.6 Å². The number of nitrogens with one attached hydrogen (secondary N) is 1. The highest BCUT2D eigenvalue weighted by atomic mass is 16.6. The van der Waals surface area contributed by atoms with Crippen molar-refractivity contribution in [1.29, 1.82) is 0 Å². The number of nitrogens with two attached hydrogens (primary N) is 1. The number of carbonyl (C=O) groups is 1. The van der Waals surface area contributed by atoms with E-state index in [1.807, 2.05) is 0 Å². The average molecular weight is 238 g/mol. The summed E-state index contributed by atoms with van der Waals surface area (Å²) in [5, 5.41) is 13.5. The van der Waals surface area contributed by atoms with E-state index in [1.54, 1.807) is 0 Å². The van der Waals surface area contributed by atoms with Crippen molar-refractivity contribution >= 4 is 11.6 Å². The van der Waals surface area contributed by atoms with Gasteiger partial charge in [-0.25, -0.2) is 4.98 Å². The Morgan fingerprint density at radius 3 is 2.82 bits per heavy atom. The minimum atomic E-state index is -0.802. The lowest BCUT2D eigenvalue weighted by Crippen LogP contribution is -2.50. The molecule has 0 aliphatic carbocycles. The molecule has 17 heavy (non-hydrogen) atoms. The van der Waals surface area contributed by atoms with Crippen molar-refractivity contribution < 1.29 is 14.5 Å². The van der Waals surface area contributed by atoms with Gasteiger partial charge in [-0.2, -0.15) is 0 Å². The lowest BCUT2D eigenvalue weighted by molar-refractivity contribution is -0.385. The highest BCUT2D eigenvalue weighted by Crippen LogP contribution is 2.22. The molecule has 0 unspecified atom stereocenters. The lowest BCUT2D eigenvalue weighted by Gasteiger charge is -2.27. The van der Waals surface area contributed by atoms with Crippen LogP contribution < -0.4 is 15.8 Å². The summed E-state index contributed by atoms with van der Waals surface area (Å²) in [6.07, 6.45) is 0.954. The third kappa shape index (κ3) is 2.31. The first-order valence-corrected chi connectivity index (χ1v) is 4.89. The van der Waals surface area contributed by atoms with Crippen LogP contribution >= 0.6 is 0 Å². The molecule has 0 atom stereocenters. The van der Waals surface area contributed by atoms with E-state index in [0.717, 1.165) is 12.3 Å². The zero-order chi connectivity index (χ0) is 12.4. The molecule has 3 N–H and O–H groups in total. The Labute approximate surface area is 95.9 Å². The van der Waals surface area contributed by atoms with Crippen LogP contribution in [0, 0.1) is 10.1 Å². The van der Waals surface area contributed by atoms with Gasteiger partial charge in [0.15, 0.2) is 0 Å². The summed E-state index contributed by atoms with van der Waals surface area (Å²) in [5.74, 6) is -0.766. The minimum Gasteiger partial charge on any atom is -0.471 e. The van der Waals surface area contributed by atoms with E-state index in [2.05, 4.69) is 10.3 Å². The Morgan fingerprint density at radius 2 is 2.35 bits per heavy atom. The average Bonchev–Trinajstić information content (AvgIpc) is 2.23. The number of nitro groups is 1. The molecule has 1 amide bonds. The Hall–Kier alpha value is -2.22. The Kier molecular flexibility index (Phi) is 2.88. The van der Waals surface area contributed by atoms with Crippen LogP contribution in [0.1, 0.15) is 10.4 Å². The van der Waals surface area contributed by atoms with Crippen LogP contribution in [0.3, 0.4) is 0 Å². The van der Waals surface area contributed by atoms with Gasteiger partial charge in [-0.3, -0.25) is 14.9 Å². The maximum Gasteiger partial charge on any atom is 0.288 e. The predicted octanol–water partition coefficient (Wildman–Crippen LogP) is -0.561. The molecule has 0 saturated carbocycles. The van der Waals surface area contributed by atoms with Gasteiger partial charge >= 0.3 is 0 Å². The van der Waals surface area contributed by atoms with Gasteiger partial charge in [-0.05, 0) is 0 Å². The van der Waals surface area contributed by atoms with Gasteiger partial charge in [0, 0.05) is 19.2 Å². The summed E-state index contributed by atoms with van der Waals surface area (Å²) in [4.78, 5) is 24.8. The fourth-order valence-electron chi connectivity index (χ4n) is 1.31. The maximum atomic E-state index is 11.1. The van der Waals surface area contributed by atoms with Crippen LogP contribution in [0.25, 0.3) is 0 Å². The zero-order valence-corrected chi connectivity index (χ0v) is 8.75. The topological polar surface area (TPSA) is 120 Å². The molecule has 0 bridgehead atoms. The van der Waals surface area contributed by atoms with E-state index in [9.17, 15) is 14.9 Å². The fourth-order valence-corrected chi connectivity index (χ4v) is 1.31. The summed E-state index contributed by atoms with van der Waals surface area (Å²) in [6.45, 7) is 1.30. The van der Waals surface area contributed by atoms with E-state index in [1.165, 1.54) is 0 Å². The van der Waals surface area contributed by atoms with Crippen LogP contribution in [-0.2, 0) is 0 Å². The first kappa shape index (κ1) is 11.3. The number of hydrogen-bond donors (Lipinski definition) is 2. The Balaban J connectivity index is 2.30. The number of pyridine rings is 1. The minimum absolute atomic E-state index is 0.0367. The zero-order valence-electron chi connectivity index (χ0n) is 8.75. The summed E-state index contributed by atoms with van der Waals surface area (Å²) >= 11 is 0. The lowest BCUT2D eigenvalue weighted by atomic mass is 10.2. The number of ether oxygens (including phenoxy) is 1. The van der Waals surface area contributed by atoms with E-state index in [4.69, 9.17) is 10.5 Å². The van der Waals surface area contributed by atoms with Crippen LogP contribution in [0.4, 0.5) is 5.69 Å². The highest BCUT2D eigenvalue weighted by Gasteiger charge is 2.23. The molecule has 90 valence electrons. The van der Waals surface area contributed by atoms with E-state index in [0.29, 0.717) is 13.1 Å². The van der Waals surface area contributed by atoms with Crippen molar-refractivity contribution in [2.75, 3.05) is 13.1 Å². The third-order valence-corrected chi connectivity index (χ3v) is 2.34. The molecule has 2 heterocycles. The smallest absolute Gasteiger partial charge is 0.288 e. The van der Waals surface area contributed by atoms with Gasteiger partial charge in [0.2, 0.25) is 5.88 Å². The number of hydrogen-bond acceptors (Lipinski definition) is 6. The van der Waals surface area contributed by atoms with Crippen molar-refractivity contribution in [3.8, 4) is 5.88 Å². The van der Waals surface area contributed by atoms with Crippen molar-refractivity contribution in [3.05, 3.63) is 27.9 Å². The monoisotopic (exact) mass is 238 g/mol. The first-order chi connectivity index (χ1) is 8.08. The molecule has 8 heteroatoms. The molecule has 1 aromatic rings. The molecule has 1 aliphatic rings. The van der Waals surface area contributed by atoms with Gasteiger partial charge in [-0.15, -0.1) is 0 Å². The molecule has 0 spiro atoms. The summed E-state index contributed by atoms with van der Waals surface area (Å²) < 4.78 is 5.38. The number of primary amides is 1. The largest absolute Gasteiger partial charge is 0.471 e. The van der Waals surface area contributed by atoms with Gasteiger partial charge in [-0.1, -0.05) is 0 Å². The van der Waals surface area contributed by atoms with Crippen LogP contribution in [0.5, 0.6) is 5.88 Å². The van der Waals surface area contributed by atoms with Crippen molar-refractivity contribution in [2.24, 2.45) is 5.73 Å². The summed E-state index contributed by atoms with van der Waals surface area (Å²) in [6, 6.07) is 1.07. The number of rotatable bonds is 4. The number of nitrogens with zero attached hydrogens (tertiary/aromatic N) is 2. The van der Waals surface area contributed by atoms with Gasteiger partial charge in [0.1, 0.15) is 17.9 Å². The molecule has 0 radical (unpaired) electrons. The molecule has 2 rings (SSSR count). The molecule has 1 fully saturated rings. The Bertz CT molecular complexity index is 472. The second-order valence-corrected chi connectivity index (χ2v) is 3.57. The second kappa shape index (κ2) is 4.34. The molecule has 1 saturated heterocycles. The van der Waals surface area contributed by atoms with Crippen LogP contribution in [-0.4, -0.2) is 35.0 Å². The SMILES string of the molecule is NC(=O)c1cc([N+](=O)[O-])cnc1OC1CNC1. The number of amides is 1. The van der Waals surface area contributed by atoms with Gasteiger partial charge in [0.05, 0.1) is 4.92 Å². The molecular weight excluding hydrogens is 228 g/mol. The Morgan fingerprint density at radius 1 is 1.65 bits per heavy atom. The van der Waals surface area contributed by atoms with Crippen molar-refractivity contribution in [1.82, 2.24) is 10.3 Å². The van der Waals surface area contributed by atoms with E-state index < -0.39 is 10.8 Å². The summed E-state index contributed by atoms with van der Waals surface area (Å²) in [5.41, 5.74) is 4.75. The molecule has 1 aliphatic heterocycles. The highest BCUT2D eigenvalue weighted by molar-refractivity contribution is 5.95. The van der Waals surface area contributed by atoms with Crippen molar-refractivity contribution in [2.45, 2.75) is 6.10 Å². The molecule has 1 aromatic heterocycles. The van der Waals surface area contributed by atoms with Crippen LogP contribution in [0.2, 0.25) is 0 Å². The predicted molar refractivity (Wildman–Crippen MR) is 56.7 cm³/mol.